The number of nitrogens with one attached hydrogen (secondary N) is 1. The molecule has 2 unspecified atom stereocenters. The van der Waals surface area contributed by atoms with Gasteiger partial charge in [-0.25, -0.2) is 9.78 Å². The normalized spacial score (nSPS) is 16.2. The van der Waals surface area contributed by atoms with Crippen LogP contribution in [-0.2, 0) is 12.8 Å². The molecule has 2 aromatic heterocycles. The van der Waals surface area contributed by atoms with Gasteiger partial charge in [-0.05, 0) is 73.6 Å². The molecule has 9 nitrogen and oxygen atoms in total. The average Bonchev–Trinajstić information content (AvgIpc) is 3.46. The second-order valence-electron chi connectivity index (χ2n) is 11.4. The summed E-state index contributed by atoms with van der Waals surface area (Å²) in [7, 11) is 0. The zero-order chi connectivity index (χ0) is 30.6. The van der Waals surface area contributed by atoms with Crippen molar-refractivity contribution in [3.8, 4) is 34.0 Å². The van der Waals surface area contributed by atoms with E-state index in [-0.39, 0.29) is 70.6 Å². The number of aromatic nitrogens is 4. The number of hydrogen-bond donors (Lipinski definition) is 2. The molecular weight excluding hydrogens is 596 g/mol. The minimum absolute atomic E-state index is 0. The third-order valence-electron chi connectivity index (χ3n) is 8.18. The molecule has 2 atom stereocenters. The summed E-state index contributed by atoms with van der Waals surface area (Å²) in [4.78, 5) is 33.1. The van der Waals surface area contributed by atoms with Crippen LogP contribution in [0, 0.1) is 6.92 Å². The molecule has 5 aromatic rings. The van der Waals surface area contributed by atoms with Gasteiger partial charge in [0, 0.05) is 24.0 Å². The Kier molecular flexibility index (Phi) is 11.1. The number of aromatic amines is 1. The summed E-state index contributed by atoms with van der Waals surface area (Å²) in [5.74, 6) is 1.14. The summed E-state index contributed by atoms with van der Waals surface area (Å²) in [6, 6.07) is 23.3. The van der Waals surface area contributed by atoms with Crippen LogP contribution in [0.25, 0.3) is 28.2 Å². The first-order valence-electron chi connectivity index (χ1n) is 15.2. The van der Waals surface area contributed by atoms with Gasteiger partial charge >= 0.3 is 57.1 Å². The Balaban J connectivity index is 0.00000240. The first-order chi connectivity index (χ1) is 21.4. The summed E-state index contributed by atoms with van der Waals surface area (Å²) in [5.41, 5.74) is 5.77. The maximum Gasteiger partial charge on any atom is 1.00 e. The molecule has 0 aliphatic heterocycles. The third kappa shape index (κ3) is 7.65. The number of rotatable bonds is 9. The molecule has 0 saturated heterocycles. The Morgan fingerprint density at radius 2 is 1.76 bits per heavy atom. The molecule has 1 aliphatic carbocycles. The fraction of sp³-hybridized carbons (Fsp3) is 0.314. The van der Waals surface area contributed by atoms with E-state index in [1.807, 2.05) is 79.7 Å². The van der Waals surface area contributed by atoms with Crippen molar-refractivity contribution >= 4 is 0 Å². The Bertz CT molecular complexity index is 1870. The van der Waals surface area contributed by atoms with E-state index in [1.165, 1.54) is 0 Å². The number of aliphatic hydroxyl groups excluding tert-OH is 1. The van der Waals surface area contributed by atoms with Crippen molar-refractivity contribution in [2.75, 3.05) is 0 Å². The fourth-order valence-corrected chi connectivity index (χ4v) is 6.03. The summed E-state index contributed by atoms with van der Waals surface area (Å²) >= 11 is 0. The van der Waals surface area contributed by atoms with Crippen molar-refractivity contribution in [1.29, 1.82) is 0 Å². The summed E-state index contributed by atoms with van der Waals surface area (Å²) in [5, 5.41) is 13.8. The average molecular weight is 633 g/mol. The van der Waals surface area contributed by atoms with E-state index < -0.39 is 5.76 Å². The predicted molar refractivity (Wildman–Crippen MR) is 169 cm³/mol. The Morgan fingerprint density at radius 1 is 1.02 bits per heavy atom. The van der Waals surface area contributed by atoms with Crippen molar-refractivity contribution in [1.82, 2.24) is 19.7 Å². The molecular formula is C35H37KN4O5. The quantitative estimate of drug-likeness (QED) is 0.240. The van der Waals surface area contributed by atoms with Gasteiger partial charge in [0.25, 0.3) is 5.56 Å². The predicted octanol–water partition coefficient (Wildman–Crippen LogP) is 2.89. The van der Waals surface area contributed by atoms with Crippen LogP contribution < -0.4 is 67.4 Å². The molecule has 2 N–H and O–H groups in total. The number of H-pyrrole nitrogens is 1. The maximum atomic E-state index is 14.0. The van der Waals surface area contributed by atoms with Crippen LogP contribution in [0.15, 0.2) is 86.9 Å². The van der Waals surface area contributed by atoms with Crippen LogP contribution in [0.1, 0.15) is 63.1 Å². The van der Waals surface area contributed by atoms with Gasteiger partial charge in [-0.3, -0.25) is 18.9 Å². The molecule has 1 fully saturated rings. The summed E-state index contributed by atoms with van der Waals surface area (Å²) in [6.07, 6.45) is 5.10. The van der Waals surface area contributed by atoms with Crippen LogP contribution in [0.5, 0.6) is 5.75 Å². The molecule has 0 amide bonds. The van der Waals surface area contributed by atoms with E-state index in [2.05, 4.69) is 17.1 Å². The number of aliphatic hydroxyl groups is 1. The number of ether oxygens (including phenoxy) is 1. The molecule has 228 valence electrons. The molecule has 10 heteroatoms. The van der Waals surface area contributed by atoms with E-state index in [1.54, 1.807) is 4.57 Å². The third-order valence-corrected chi connectivity index (χ3v) is 8.18. The number of hydrogen-bond acceptors (Lipinski definition) is 7. The number of aryl methyl sites for hydroxylation is 2. The van der Waals surface area contributed by atoms with E-state index in [9.17, 15) is 14.7 Å². The van der Waals surface area contributed by atoms with Gasteiger partial charge in [0.15, 0.2) is 5.82 Å². The van der Waals surface area contributed by atoms with Crippen molar-refractivity contribution < 1.29 is 67.2 Å². The topological polar surface area (TPSA) is 123 Å². The van der Waals surface area contributed by atoms with Gasteiger partial charge in [-0.2, -0.15) is 0 Å². The maximum absolute atomic E-state index is 14.0. The minimum atomic E-state index is -0.602. The Morgan fingerprint density at radius 3 is 2.42 bits per heavy atom. The van der Waals surface area contributed by atoms with Crippen LogP contribution >= 0.6 is 0 Å². The van der Waals surface area contributed by atoms with Crippen molar-refractivity contribution in [2.24, 2.45) is 0 Å². The Labute approximate surface area is 305 Å². The van der Waals surface area contributed by atoms with Gasteiger partial charge < -0.3 is 11.3 Å². The monoisotopic (exact) mass is 632 g/mol. The van der Waals surface area contributed by atoms with Gasteiger partial charge in [0.1, 0.15) is 17.7 Å². The first kappa shape index (κ1) is 33.2. The van der Waals surface area contributed by atoms with E-state index in [0.717, 1.165) is 65.1 Å². The molecule has 1 saturated carbocycles. The zero-order valence-corrected chi connectivity index (χ0v) is 29.1. The van der Waals surface area contributed by atoms with Gasteiger partial charge in [0.05, 0.1) is 17.5 Å². The minimum Gasteiger partial charge on any atom is -1.00 e. The standard InChI is InChI=1S/C35H36N4O5.K.H/c1-3-7-32-31(20-23-12-14-24(15-13-23)29-10-4-5-11-30(29)33-37-35(42)44-38-33)34(41)39(22(2)36-32)25-16-18-27(19-17-25)43-28-9-6-8-26(40)21-28;;/h4-5,10-19,26,28,40H,3,6-9,20-21H2,1-2H3,(H,37,38,42);;/q;+1;-1. The van der Waals surface area contributed by atoms with Crippen molar-refractivity contribution in [2.45, 2.75) is 71.0 Å². The first-order valence-corrected chi connectivity index (χ1v) is 15.2. The second-order valence-corrected chi connectivity index (χ2v) is 11.4. The van der Waals surface area contributed by atoms with E-state index in [4.69, 9.17) is 14.2 Å². The van der Waals surface area contributed by atoms with Crippen LogP contribution in [-0.4, -0.2) is 37.0 Å². The zero-order valence-electron chi connectivity index (χ0n) is 27.0. The van der Waals surface area contributed by atoms with E-state index in [0.29, 0.717) is 36.5 Å². The smallest absolute Gasteiger partial charge is 1.00 e. The van der Waals surface area contributed by atoms with Crippen molar-refractivity contribution in [3.63, 3.8) is 0 Å². The molecule has 2 heterocycles. The molecule has 3 aromatic carbocycles. The molecule has 0 radical (unpaired) electrons. The number of benzene rings is 3. The van der Waals surface area contributed by atoms with Gasteiger partial charge in [0.2, 0.25) is 0 Å². The van der Waals surface area contributed by atoms with Crippen LogP contribution in [0.2, 0.25) is 0 Å². The molecule has 0 bridgehead atoms. The Hall–Kier alpha value is -3.12. The van der Waals surface area contributed by atoms with Crippen molar-refractivity contribution in [3.05, 3.63) is 116 Å². The van der Waals surface area contributed by atoms with Gasteiger partial charge in [-0.15, -0.1) is 0 Å². The number of nitrogens with zero attached hydrogens (tertiary/aromatic N) is 3. The molecule has 45 heavy (non-hydrogen) atoms. The fourth-order valence-electron chi connectivity index (χ4n) is 6.03. The molecule has 1 aliphatic rings. The SMILES string of the molecule is CCCc1nc(C)n(-c2ccc(OC3CCCC(O)C3)cc2)c(=O)c1Cc1ccc(-c2ccccc2-c2noc(=O)[nH]2)cc1.[H-].[K+]. The van der Waals surface area contributed by atoms with E-state index >= 15 is 0 Å². The summed E-state index contributed by atoms with van der Waals surface area (Å²) in [6.45, 7) is 3.96. The van der Waals surface area contributed by atoms with Crippen LogP contribution in [0.3, 0.4) is 0 Å². The summed E-state index contributed by atoms with van der Waals surface area (Å²) < 4.78 is 12.5. The largest absolute Gasteiger partial charge is 1.00 e. The van der Waals surface area contributed by atoms with Crippen LogP contribution in [0.4, 0.5) is 0 Å². The molecule has 0 spiro atoms. The molecule has 6 rings (SSSR count). The second kappa shape index (κ2) is 15.0. The van der Waals surface area contributed by atoms with Gasteiger partial charge in [-0.1, -0.05) is 67.0 Å².